The normalized spacial score (nSPS) is 10.9. The molecule has 3 aromatic rings. The second kappa shape index (κ2) is 7.47. The van der Waals surface area contributed by atoms with E-state index in [1.54, 1.807) is 23.5 Å². The van der Waals surface area contributed by atoms with Crippen molar-refractivity contribution in [3.8, 4) is 11.5 Å². The molecule has 2 nitrogen and oxygen atoms in total. The van der Waals surface area contributed by atoms with Crippen molar-refractivity contribution in [1.82, 2.24) is 0 Å². The van der Waals surface area contributed by atoms with E-state index in [1.807, 2.05) is 6.07 Å². The number of halogens is 1. The molecule has 120 valence electrons. The van der Waals surface area contributed by atoms with Crippen LogP contribution in [0, 0.1) is 5.82 Å². The highest BCUT2D eigenvalue weighted by Crippen LogP contribution is 2.30. The molecule has 0 radical (unpaired) electrons. The molecule has 0 saturated carbocycles. The Morgan fingerprint density at radius 2 is 1.74 bits per heavy atom. The third-order valence-corrected chi connectivity index (χ3v) is 4.58. The maximum absolute atomic E-state index is 12.9. The molecule has 1 heterocycles. The zero-order chi connectivity index (χ0) is 16.1. The maximum atomic E-state index is 12.9. The van der Waals surface area contributed by atoms with Crippen LogP contribution in [0.25, 0.3) is 10.1 Å². The zero-order valence-corrected chi connectivity index (χ0v) is 13.9. The van der Waals surface area contributed by atoms with Gasteiger partial charge in [-0.3, -0.25) is 0 Å². The van der Waals surface area contributed by atoms with Crippen LogP contribution in [0.3, 0.4) is 0 Å². The molecule has 1 aromatic heterocycles. The van der Waals surface area contributed by atoms with Gasteiger partial charge in [0, 0.05) is 9.58 Å². The van der Waals surface area contributed by atoms with Crippen LogP contribution >= 0.6 is 11.3 Å². The standard InChI is InChI=1S/C19H19FO2S/c1-2-3-10-21-17-7-4-14-11-18(23-19(14)12-17)13-22-16-8-5-15(20)6-9-16/h4-9,11-12H,2-3,10,13H2,1H3. The molecule has 0 spiro atoms. The lowest BCUT2D eigenvalue weighted by Gasteiger charge is -2.04. The van der Waals surface area contributed by atoms with Gasteiger partial charge in [0.1, 0.15) is 23.9 Å². The Hall–Kier alpha value is -2.07. The molecule has 0 atom stereocenters. The van der Waals surface area contributed by atoms with Crippen molar-refractivity contribution in [1.29, 1.82) is 0 Å². The van der Waals surface area contributed by atoms with Crippen LogP contribution in [0.5, 0.6) is 11.5 Å². The van der Waals surface area contributed by atoms with E-state index < -0.39 is 0 Å². The lowest BCUT2D eigenvalue weighted by atomic mass is 10.2. The topological polar surface area (TPSA) is 18.5 Å². The summed E-state index contributed by atoms with van der Waals surface area (Å²) >= 11 is 1.69. The average Bonchev–Trinajstić information content (AvgIpc) is 2.97. The van der Waals surface area contributed by atoms with Crippen LogP contribution in [-0.2, 0) is 6.61 Å². The van der Waals surface area contributed by atoms with E-state index in [-0.39, 0.29) is 5.82 Å². The number of ether oxygens (including phenoxy) is 2. The minimum Gasteiger partial charge on any atom is -0.494 e. The van der Waals surface area contributed by atoms with Crippen molar-refractivity contribution in [3.05, 3.63) is 59.2 Å². The van der Waals surface area contributed by atoms with Crippen LogP contribution in [0.2, 0.25) is 0 Å². The monoisotopic (exact) mass is 330 g/mol. The fraction of sp³-hybridized carbons (Fsp3) is 0.263. The smallest absolute Gasteiger partial charge is 0.123 e. The number of thiophene rings is 1. The first-order valence-corrected chi connectivity index (χ1v) is 8.60. The van der Waals surface area contributed by atoms with Crippen LogP contribution in [0.4, 0.5) is 4.39 Å². The predicted molar refractivity (Wildman–Crippen MR) is 93.0 cm³/mol. The van der Waals surface area contributed by atoms with E-state index >= 15 is 0 Å². The van der Waals surface area contributed by atoms with E-state index in [0.717, 1.165) is 30.1 Å². The summed E-state index contributed by atoms with van der Waals surface area (Å²) in [4.78, 5) is 1.13. The summed E-state index contributed by atoms with van der Waals surface area (Å²) in [6.45, 7) is 3.39. The van der Waals surface area contributed by atoms with E-state index in [4.69, 9.17) is 9.47 Å². The summed E-state index contributed by atoms with van der Waals surface area (Å²) in [6, 6.07) is 14.4. The fourth-order valence-electron chi connectivity index (χ4n) is 2.25. The second-order valence-corrected chi connectivity index (χ2v) is 6.53. The molecule has 0 amide bonds. The van der Waals surface area contributed by atoms with Gasteiger partial charge in [-0.2, -0.15) is 0 Å². The van der Waals surface area contributed by atoms with Crippen molar-refractivity contribution >= 4 is 21.4 Å². The lowest BCUT2D eigenvalue weighted by molar-refractivity contribution is 0.309. The number of fused-ring (bicyclic) bond motifs is 1. The van der Waals surface area contributed by atoms with E-state index in [2.05, 4.69) is 25.1 Å². The first kappa shape index (κ1) is 15.8. The molecule has 0 unspecified atom stereocenters. The summed E-state index contributed by atoms with van der Waals surface area (Å²) in [6.07, 6.45) is 2.20. The first-order valence-electron chi connectivity index (χ1n) is 7.78. The number of rotatable bonds is 7. The number of hydrogen-bond donors (Lipinski definition) is 0. The molecule has 23 heavy (non-hydrogen) atoms. The fourth-order valence-corrected chi connectivity index (χ4v) is 3.25. The minimum absolute atomic E-state index is 0.255. The molecular formula is C19H19FO2S. The van der Waals surface area contributed by atoms with E-state index in [9.17, 15) is 4.39 Å². The SMILES string of the molecule is CCCCOc1ccc2cc(COc3ccc(F)cc3)sc2c1. The summed E-state index contributed by atoms with van der Waals surface area (Å²) in [5.74, 6) is 1.33. The van der Waals surface area contributed by atoms with Crippen LogP contribution in [-0.4, -0.2) is 6.61 Å². The van der Waals surface area contributed by atoms with Crippen molar-refractivity contribution in [2.24, 2.45) is 0 Å². The highest BCUT2D eigenvalue weighted by Gasteiger charge is 2.05. The van der Waals surface area contributed by atoms with Crippen LogP contribution < -0.4 is 9.47 Å². The quantitative estimate of drug-likeness (QED) is 0.510. The van der Waals surface area contributed by atoms with Crippen molar-refractivity contribution < 1.29 is 13.9 Å². The zero-order valence-electron chi connectivity index (χ0n) is 13.0. The molecule has 0 aliphatic heterocycles. The van der Waals surface area contributed by atoms with Gasteiger partial charge in [0.15, 0.2) is 0 Å². The van der Waals surface area contributed by atoms with Crippen molar-refractivity contribution in [3.63, 3.8) is 0 Å². The largest absolute Gasteiger partial charge is 0.494 e. The van der Waals surface area contributed by atoms with Gasteiger partial charge >= 0.3 is 0 Å². The highest BCUT2D eigenvalue weighted by molar-refractivity contribution is 7.19. The molecule has 0 aliphatic carbocycles. The van der Waals surface area contributed by atoms with Gasteiger partial charge in [-0.25, -0.2) is 4.39 Å². The van der Waals surface area contributed by atoms with Gasteiger partial charge in [-0.05, 0) is 60.3 Å². The molecule has 0 aliphatic rings. The van der Waals surface area contributed by atoms with Crippen molar-refractivity contribution in [2.75, 3.05) is 6.61 Å². The molecule has 3 rings (SSSR count). The third-order valence-electron chi connectivity index (χ3n) is 3.50. The van der Waals surface area contributed by atoms with Gasteiger partial charge in [-0.15, -0.1) is 11.3 Å². The predicted octanol–water partition coefficient (Wildman–Crippen LogP) is 5.80. The molecule has 0 bridgehead atoms. The Labute approximate surface area is 139 Å². The number of unbranched alkanes of at least 4 members (excludes halogenated alkanes) is 1. The summed E-state index contributed by atoms with van der Waals surface area (Å²) in [5, 5.41) is 1.19. The minimum atomic E-state index is -0.255. The number of hydrogen-bond acceptors (Lipinski definition) is 3. The van der Waals surface area contributed by atoms with Gasteiger partial charge in [0.2, 0.25) is 0 Å². The van der Waals surface area contributed by atoms with Crippen molar-refractivity contribution in [2.45, 2.75) is 26.4 Å². The van der Waals surface area contributed by atoms with E-state index in [1.165, 1.54) is 22.2 Å². The van der Waals surface area contributed by atoms with Crippen LogP contribution in [0.15, 0.2) is 48.5 Å². The van der Waals surface area contributed by atoms with Crippen LogP contribution in [0.1, 0.15) is 24.6 Å². The molecular weight excluding hydrogens is 311 g/mol. The van der Waals surface area contributed by atoms with Gasteiger partial charge in [0.25, 0.3) is 0 Å². The second-order valence-electron chi connectivity index (χ2n) is 5.36. The Morgan fingerprint density at radius 1 is 0.957 bits per heavy atom. The highest BCUT2D eigenvalue weighted by atomic mass is 32.1. The molecule has 4 heteroatoms. The molecule has 2 aromatic carbocycles. The third kappa shape index (κ3) is 4.23. The molecule has 0 saturated heterocycles. The Balaban J connectivity index is 1.66. The molecule has 0 fully saturated rings. The Kier molecular flexibility index (Phi) is 5.13. The van der Waals surface area contributed by atoms with Gasteiger partial charge < -0.3 is 9.47 Å². The molecule has 0 N–H and O–H groups in total. The number of benzene rings is 2. The van der Waals surface area contributed by atoms with Gasteiger partial charge in [0.05, 0.1) is 6.61 Å². The summed E-state index contributed by atoms with van der Waals surface area (Å²) in [7, 11) is 0. The van der Waals surface area contributed by atoms with E-state index in [0.29, 0.717) is 12.4 Å². The summed E-state index contributed by atoms with van der Waals surface area (Å²) in [5.41, 5.74) is 0. The average molecular weight is 330 g/mol. The lowest BCUT2D eigenvalue weighted by Crippen LogP contribution is -1.95. The Morgan fingerprint density at radius 3 is 2.52 bits per heavy atom. The first-order chi connectivity index (χ1) is 11.2. The maximum Gasteiger partial charge on any atom is 0.123 e. The summed E-state index contributed by atoms with van der Waals surface area (Å²) < 4.78 is 25.5. The van der Waals surface area contributed by atoms with Gasteiger partial charge in [-0.1, -0.05) is 13.3 Å². The Bertz CT molecular complexity index is 765.